The lowest BCUT2D eigenvalue weighted by atomic mass is 10.0. The van der Waals surface area contributed by atoms with E-state index < -0.39 is 0 Å². The molecule has 0 atom stereocenters. The van der Waals surface area contributed by atoms with Gasteiger partial charge in [0, 0.05) is 39.8 Å². The van der Waals surface area contributed by atoms with E-state index in [1.54, 1.807) is 0 Å². The molecule has 0 saturated carbocycles. The molecule has 0 unspecified atom stereocenters. The number of para-hydroxylation sites is 3. The van der Waals surface area contributed by atoms with Crippen LogP contribution in [0.25, 0.3) is 60.4 Å². The van der Waals surface area contributed by atoms with Crippen molar-refractivity contribution in [1.82, 2.24) is 9.13 Å². The fraction of sp³-hybridized carbons (Fsp3) is 0.0312. The normalized spacial score (nSPS) is 11.5. The van der Waals surface area contributed by atoms with E-state index in [2.05, 4.69) is 112 Å². The molecule has 0 bridgehead atoms. The maximum atomic E-state index is 9.62. The molecule has 3 nitrogen and oxygen atoms in total. The highest BCUT2D eigenvalue weighted by atomic mass is 15.0. The molecular formula is C32H21N3. The van der Waals surface area contributed by atoms with Crippen LogP contribution >= 0.6 is 0 Å². The van der Waals surface area contributed by atoms with Crippen LogP contribution in [-0.4, -0.2) is 9.13 Å². The molecule has 0 aliphatic rings. The smallest absolute Gasteiger partial charge is 0.101 e. The average molecular weight is 448 g/mol. The first-order chi connectivity index (χ1) is 17.2. The van der Waals surface area contributed by atoms with Crippen molar-refractivity contribution in [1.29, 1.82) is 5.26 Å². The monoisotopic (exact) mass is 447 g/mol. The number of aryl methyl sites for hydroxylation is 1. The lowest BCUT2D eigenvalue weighted by molar-refractivity contribution is 1.01. The van der Waals surface area contributed by atoms with E-state index >= 15 is 0 Å². The molecule has 3 heteroatoms. The summed E-state index contributed by atoms with van der Waals surface area (Å²) in [5.41, 5.74) is 8.76. The molecule has 0 aliphatic carbocycles. The molecule has 2 heterocycles. The molecule has 0 saturated heterocycles. The summed E-state index contributed by atoms with van der Waals surface area (Å²) >= 11 is 0. The summed E-state index contributed by atoms with van der Waals surface area (Å²) in [7, 11) is 2.04. The van der Waals surface area contributed by atoms with Gasteiger partial charge in [0.1, 0.15) is 6.07 Å². The molecule has 0 amide bonds. The zero-order chi connectivity index (χ0) is 23.5. The van der Waals surface area contributed by atoms with Crippen LogP contribution in [0.1, 0.15) is 5.56 Å². The van der Waals surface area contributed by atoms with Crippen LogP contribution in [0.15, 0.2) is 109 Å². The second-order valence-corrected chi connectivity index (χ2v) is 9.02. The van der Waals surface area contributed by atoms with Crippen LogP contribution in [-0.2, 0) is 7.05 Å². The first-order valence-corrected chi connectivity index (χ1v) is 11.7. The summed E-state index contributed by atoms with van der Waals surface area (Å²) in [6, 6.07) is 40.8. The molecule has 0 fully saturated rings. The first kappa shape index (κ1) is 19.6. The van der Waals surface area contributed by atoms with Crippen molar-refractivity contribution in [2.24, 2.45) is 7.05 Å². The van der Waals surface area contributed by atoms with E-state index in [4.69, 9.17) is 0 Å². The second kappa shape index (κ2) is 7.35. The van der Waals surface area contributed by atoms with Gasteiger partial charge in [0.2, 0.25) is 0 Å². The molecule has 0 radical (unpaired) electrons. The average Bonchev–Trinajstić information content (AvgIpc) is 3.41. The molecule has 5 aromatic carbocycles. The standard InChI is InChI=1S/C32H21N3/c1-34-29-16-14-21(19-28(29)26-12-7-8-23(20-33)32(26)34)22-15-17-31-27(18-22)25-11-5-6-13-30(25)35(31)24-9-3-2-4-10-24/h2-19H,1H3. The molecule has 35 heavy (non-hydrogen) atoms. The van der Waals surface area contributed by atoms with Crippen molar-refractivity contribution in [2.75, 3.05) is 0 Å². The van der Waals surface area contributed by atoms with E-state index in [9.17, 15) is 5.26 Å². The molecule has 164 valence electrons. The molecule has 2 aromatic heterocycles. The third kappa shape index (κ3) is 2.77. The van der Waals surface area contributed by atoms with Gasteiger partial charge in [0.05, 0.1) is 22.1 Å². The maximum absolute atomic E-state index is 9.62. The number of aromatic nitrogens is 2. The fourth-order valence-electron chi connectivity index (χ4n) is 5.56. The van der Waals surface area contributed by atoms with Crippen molar-refractivity contribution < 1.29 is 0 Å². The van der Waals surface area contributed by atoms with Gasteiger partial charge in [-0.1, -0.05) is 60.7 Å². The predicted octanol–water partition coefficient (Wildman–Crippen LogP) is 7.97. The van der Waals surface area contributed by atoms with Gasteiger partial charge in [-0.05, 0) is 59.7 Å². The highest BCUT2D eigenvalue weighted by molar-refractivity contribution is 6.12. The van der Waals surface area contributed by atoms with E-state index in [0.717, 1.165) is 22.1 Å². The number of rotatable bonds is 2. The summed E-state index contributed by atoms with van der Waals surface area (Å²) in [6.07, 6.45) is 0. The zero-order valence-corrected chi connectivity index (χ0v) is 19.2. The van der Waals surface area contributed by atoms with Crippen LogP contribution in [0.4, 0.5) is 0 Å². The molecule has 0 N–H and O–H groups in total. The number of hydrogen-bond acceptors (Lipinski definition) is 1. The number of benzene rings is 5. The zero-order valence-electron chi connectivity index (χ0n) is 19.2. The largest absolute Gasteiger partial charge is 0.343 e. The Hall–Kier alpha value is -4.81. The SMILES string of the molecule is Cn1c2ccc(-c3ccc4c(c3)c3ccccc3n4-c3ccccc3)cc2c2cccc(C#N)c21. The van der Waals surface area contributed by atoms with Gasteiger partial charge in [-0.25, -0.2) is 0 Å². The minimum atomic E-state index is 0.706. The quantitative estimate of drug-likeness (QED) is 0.265. The molecule has 0 aliphatic heterocycles. The van der Waals surface area contributed by atoms with E-state index in [-0.39, 0.29) is 0 Å². The Labute approximate surface area is 202 Å². The molecule has 7 rings (SSSR count). The predicted molar refractivity (Wildman–Crippen MR) is 145 cm³/mol. The van der Waals surface area contributed by atoms with E-state index in [0.29, 0.717) is 5.56 Å². The number of hydrogen-bond donors (Lipinski definition) is 0. The van der Waals surface area contributed by atoms with Crippen molar-refractivity contribution in [3.8, 4) is 22.9 Å². The highest BCUT2D eigenvalue weighted by Gasteiger charge is 2.15. The summed E-state index contributed by atoms with van der Waals surface area (Å²) in [4.78, 5) is 0. The Balaban J connectivity index is 1.48. The van der Waals surface area contributed by atoms with Gasteiger partial charge in [-0.3, -0.25) is 0 Å². The Morgan fingerprint density at radius 3 is 1.97 bits per heavy atom. The van der Waals surface area contributed by atoms with Crippen LogP contribution in [0.5, 0.6) is 0 Å². The van der Waals surface area contributed by atoms with Crippen molar-refractivity contribution in [3.05, 3.63) is 115 Å². The van der Waals surface area contributed by atoms with Gasteiger partial charge < -0.3 is 9.13 Å². The third-order valence-corrected chi connectivity index (χ3v) is 7.16. The summed E-state index contributed by atoms with van der Waals surface area (Å²) < 4.78 is 4.47. The van der Waals surface area contributed by atoms with Crippen molar-refractivity contribution in [3.63, 3.8) is 0 Å². The molecule has 7 aromatic rings. The Bertz CT molecular complexity index is 1960. The fourth-order valence-corrected chi connectivity index (χ4v) is 5.56. The van der Waals surface area contributed by atoms with Crippen LogP contribution in [0, 0.1) is 11.3 Å². The van der Waals surface area contributed by atoms with Gasteiger partial charge in [0.25, 0.3) is 0 Å². The van der Waals surface area contributed by atoms with Crippen molar-refractivity contribution >= 4 is 43.6 Å². The van der Waals surface area contributed by atoms with Crippen molar-refractivity contribution in [2.45, 2.75) is 0 Å². The van der Waals surface area contributed by atoms with Gasteiger partial charge in [-0.15, -0.1) is 0 Å². The van der Waals surface area contributed by atoms with Gasteiger partial charge in [0.15, 0.2) is 0 Å². The van der Waals surface area contributed by atoms with Gasteiger partial charge in [-0.2, -0.15) is 5.26 Å². The summed E-state index contributed by atoms with van der Waals surface area (Å²) in [5, 5.41) is 14.4. The lowest BCUT2D eigenvalue weighted by Crippen LogP contribution is -1.92. The Morgan fingerprint density at radius 1 is 0.571 bits per heavy atom. The lowest BCUT2D eigenvalue weighted by Gasteiger charge is -2.08. The van der Waals surface area contributed by atoms with Crippen LogP contribution in [0.2, 0.25) is 0 Å². The van der Waals surface area contributed by atoms with Gasteiger partial charge >= 0.3 is 0 Å². The van der Waals surface area contributed by atoms with Crippen LogP contribution in [0.3, 0.4) is 0 Å². The number of fused-ring (bicyclic) bond motifs is 6. The highest BCUT2D eigenvalue weighted by Crippen LogP contribution is 2.37. The number of nitriles is 1. The Morgan fingerprint density at radius 2 is 1.20 bits per heavy atom. The summed E-state index contributed by atoms with van der Waals surface area (Å²) in [6.45, 7) is 0. The second-order valence-electron chi connectivity index (χ2n) is 9.02. The topological polar surface area (TPSA) is 33.6 Å². The van der Waals surface area contributed by atoms with Crippen LogP contribution < -0.4 is 0 Å². The molecule has 0 spiro atoms. The summed E-state index contributed by atoms with van der Waals surface area (Å²) in [5.74, 6) is 0. The maximum Gasteiger partial charge on any atom is 0.101 e. The minimum absolute atomic E-state index is 0.706. The number of nitrogens with zero attached hydrogens (tertiary/aromatic N) is 3. The van der Waals surface area contributed by atoms with E-state index in [1.165, 1.54) is 38.3 Å². The first-order valence-electron chi connectivity index (χ1n) is 11.7. The third-order valence-electron chi connectivity index (χ3n) is 7.16. The van der Waals surface area contributed by atoms with E-state index in [1.807, 2.05) is 19.2 Å². The minimum Gasteiger partial charge on any atom is -0.343 e. The molecular weight excluding hydrogens is 426 g/mol. The Kier molecular flexibility index (Phi) is 4.12.